The van der Waals surface area contributed by atoms with Gasteiger partial charge in [0, 0.05) is 32.7 Å². The first-order valence-corrected chi connectivity index (χ1v) is 15.7. The number of rotatable bonds is 9. The molecule has 0 bridgehead atoms. The Balaban J connectivity index is 0.00000264. The van der Waals surface area contributed by atoms with Gasteiger partial charge in [-0.15, -0.1) is 24.8 Å². The lowest BCUT2D eigenvalue weighted by atomic mass is 9.87. The van der Waals surface area contributed by atoms with Crippen molar-refractivity contribution in [3.05, 3.63) is 88.8 Å². The Kier molecular flexibility index (Phi) is 13.1. The lowest BCUT2D eigenvalue weighted by Gasteiger charge is -2.32. The second-order valence-electron chi connectivity index (χ2n) is 11.8. The number of amides is 1. The zero-order valence-corrected chi connectivity index (χ0v) is 28.9. The van der Waals surface area contributed by atoms with Crippen molar-refractivity contribution in [1.82, 2.24) is 9.80 Å². The smallest absolute Gasteiger partial charge is 0.270 e. The number of likely N-dealkylation sites (N-methyl/N-ethyl adjacent to an activating group) is 1. The van der Waals surface area contributed by atoms with Crippen molar-refractivity contribution in [2.75, 3.05) is 51.3 Å². The summed E-state index contributed by atoms with van der Waals surface area (Å²) in [5.41, 5.74) is 3.01. The molecule has 6 nitrogen and oxygen atoms in total. The molecule has 2 aliphatic heterocycles. The topological polar surface area (TPSA) is 45.2 Å². The number of carbonyl (C=O) groups excluding carboxylic acids is 1. The number of hydrogen-bond acceptors (Lipinski definition) is 7. The summed E-state index contributed by atoms with van der Waals surface area (Å²) in [5.74, 6) is 2.21. The number of thioether (sulfide) groups is 1. The van der Waals surface area contributed by atoms with Gasteiger partial charge in [0.2, 0.25) is 0 Å². The molecular formula is C34H41Cl2N3O3S2. The van der Waals surface area contributed by atoms with Gasteiger partial charge in [0.15, 0.2) is 4.32 Å². The van der Waals surface area contributed by atoms with E-state index in [0.29, 0.717) is 15.8 Å². The van der Waals surface area contributed by atoms with Gasteiger partial charge in [-0.05, 0) is 84.6 Å². The third kappa shape index (κ3) is 9.46. The predicted octanol–water partition coefficient (Wildman–Crippen LogP) is 8.04. The van der Waals surface area contributed by atoms with E-state index in [1.54, 1.807) is 4.90 Å². The molecule has 236 valence electrons. The molecule has 2 saturated heterocycles. The highest BCUT2D eigenvalue weighted by atomic mass is 35.5. The molecule has 0 aliphatic carbocycles. The minimum atomic E-state index is -0.120. The van der Waals surface area contributed by atoms with Gasteiger partial charge in [0.25, 0.3) is 5.91 Å². The SMILES string of the molecule is CN1CCN(CCCOc2ccc(N3C(=O)/C(=C/c4ccc(Oc5ccc(C(C)(C)C)cc5)cc4)SC3=S)cc2)CC1.Cl.Cl. The first-order valence-electron chi connectivity index (χ1n) is 14.5. The van der Waals surface area contributed by atoms with E-state index < -0.39 is 0 Å². The van der Waals surface area contributed by atoms with Gasteiger partial charge in [0.1, 0.15) is 17.2 Å². The standard InChI is InChI=1S/C34H39N3O3S2.2ClH/c1-34(2,3)26-8-14-30(15-9-26)40-29-12-6-25(7-13-29)24-31-32(38)37(33(41)42-31)27-10-16-28(17-11-27)39-23-5-18-36-21-19-35(4)20-22-36;;/h6-17,24H,5,18-23H2,1-4H3;2*1H/b31-24-;;. The molecule has 44 heavy (non-hydrogen) atoms. The Hall–Kier alpha value is -2.59. The highest BCUT2D eigenvalue weighted by Crippen LogP contribution is 2.37. The van der Waals surface area contributed by atoms with Crippen LogP contribution >= 0.6 is 48.8 Å². The van der Waals surface area contributed by atoms with Crippen molar-refractivity contribution in [1.29, 1.82) is 0 Å². The maximum atomic E-state index is 13.3. The fourth-order valence-corrected chi connectivity index (χ4v) is 6.17. The summed E-state index contributed by atoms with van der Waals surface area (Å²) in [6, 6.07) is 23.5. The molecule has 1 amide bonds. The molecule has 3 aromatic carbocycles. The molecule has 0 unspecified atom stereocenters. The molecule has 5 rings (SSSR count). The van der Waals surface area contributed by atoms with Gasteiger partial charge in [-0.25, -0.2) is 0 Å². The van der Waals surface area contributed by atoms with E-state index >= 15 is 0 Å². The summed E-state index contributed by atoms with van der Waals surface area (Å²) < 4.78 is 12.5. The van der Waals surface area contributed by atoms with E-state index in [1.807, 2.05) is 66.7 Å². The Morgan fingerprint density at radius 1 is 0.841 bits per heavy atom. The van der Waals surface area contributed by atoms with Crippen LogP contribution in [0.5, 0.6) is 17.2 Å². The van der Waals surface area contributed by atoms with Crippen LogP contribution in [0.15, 0.2) is 77.7 Å². The number of anilines is 1. The maximum absolute atomic E-state index is 13.3. The Bertz CT molecular complexity index is 1420. The zero-order chi connectivity index (χ0) is 29.7. The first-order chi connectivity index (χ1) is 20.2. The Morgan fingerprint density at radius 3 is 2.00 bits per heavy atom. The Labute approximate surface area is 283 Å². The van der Waals surface area contributed by atoms with Crippen LogP contribution in [0.25, 0.3) is 6.08 Å². The lowest BCUT2D eigenvalue weighted by Crippen LogP contribution is -2.44. The average molecular weight is 675 g/mol. The normalized spacial score (nSPS) is 16.9. The summed E-state index contributed by atoms with van der Waals surface area (Å²) in [4.78, 5) is 20.3. The summed E-state index contributed by atoms with van der Waals surface area (Å²) >= 11 is 6.89. The molecular weight excluding hydrogens is 633 g/mol. The fourth-order valence-electron chi connectivity index (χ4n) is 4.87. The molecule has 2 heterocycles. The van der Waals surface area contributed by atoms with Crippen molar-refractivity contribution < 1.29 is 14.3 Å². The highest BCUT2D eigenvalue weighted by Gasteiger charge is 2.33. The first kappa shape index (κ1) is 35.9. The predicted molar refractivity (Wildman–Crippen MR) is 192 cm³/mol. The number of hydrogen-bond donors (Lipinski definition) is 0. The molecule has 3 aromatic rings. The number of benzene rings is 3. The van der Waals surface area contributed by atoms with Crippen molar-refractivity contribution in [2.45, 2.75) is 32.6 Å². The van der Waals surface area contributed by atoms with Crippen LogP contribution < -0.4 is 14.4 Å². The van der Waals surface area contributed by atoms with Crippen molar-refractivity contribution >= 4 is 70.8 Å². The van der Waals surface area contributed by atoms with Crippen molar-refractivity contribution in [3.63, 3.8) is 0 Å². The van der Waals surface area contributed by atoms with Gasteiger partial charge in [-0.3, -0.25) is 9.69 Å². The number of ether oxygens (including phenoxy) is 2. The number of halogens is 2. The zero-order valence-electron chi connectivity index (χ0n) is 25.7. The molecule has 0 radical (unpaired) electrons. The summed E-state index contributed by atoms with van der Waals surface area (Å²) in [5, 5.41) is 0. The molecule has 10 heteroatoms. The summed E-state index contributed by atoms with van der Waals surface area (Å²) in [6.07, 6.45) is 2.86. The number of thiocarbonyl (C=S) groups is 1. The molecule has 0 N–H and O–H groups in total. The van der Waals surface area contributed by atoms with Crippen molar-refractivity contribution in [2.24, 2.45) is 0 Å². The van der Waals surface area contributed by atoms with Crippen LogP contribution in [0.1, 0.15) is 38.3 Å². The van der Waals surface area contributed by atoms with E-state index in [4.69, 9.17) is 21.7 Å². The lowest BCUT2D eigenvalue weighted by molar-refractivity contribution is -0.113. The average Bonchev–Trinajstić information content (AvgIpc) is 3.25. The molecule has 2 fully saturated rings. The second kappa shape index (κ2) is 16.1. The van der Waals surface area contributed by atoms with E-state index in [2.05, 4.69) is 49.8 Å². The largest absolute Gasteiger partial charge is 0.494 e. The molecule has 2 aliphatic rings. The Morgan fingerprint density at radius 2 is 1.41 bits per heavy atom. The van der Waals surface area contributed by atoms with Crippen molar-refractivity contribution in [3.8, 4) is 17.2 Å². The monoisotopic (exact) mass is 673 g/mol. The van der Waals surface area contributed by atoms with Gasteiger partial charge in [0.05, 0.1) is 17.2 Å². The van der Waals surface area contributed by atoms with E-state index in [9.17, 15) is 4.79 Å². The minimum Gasteiger partial charge on any atom is -0.494 e. The van der Waals surface area contributed by atoms with Crippen LogP contribution in [0.3, 0.4) is 0 Å². The molecule has 0 aromatic heterocycles. The van der Waals surface area contributed by atoms with E-state index in [0.717, 1.165) is 67.6 Å². The van der Waals surface area contributed by atoms with E-state index in [-0.39, 0.29) is 36.1 Å². The molecule has 0 saturated carbocycles. The molecule has 0 spiro atoms. The highest BCUT2D eigenvalue weighted by molar-refractivity contribution is 8.27. The van der Waals surface area contributed by atoms with Gasteiger partial charge in [-0.1, -0.05) is 69.0 Å². The maximum Gasteiger partial charge on any atom is 0.270 e. The molecule has 0 atom stereocenters. The minimum absolute atomic E-state index is 0. The van der Waals surface area contributed by atoms with Crippen LogP contribution in [-0.2, 0) is 10.2 Å². The van der Waals surface area contributed by atoms with Gasteiger partial charge < -0.3 is 19.3 Å². The number of piperazine rings is 1. The number of carbonyl (C=O) groups is 1. The van der Waals surface area contributed by atoms with E-state index in [1.165, 1.54) is 17.3 Å². The van der Waals surface area contributed by atoms with Gasteiger partial charge >= 0.3 is 0 Å². The van der Waals surface area contributed by atoms with Crippen LogP contribution in [-0.4, -0.2) is 66.4 Å². The van der Waals surface area contributed by atoms with Crippen LogP contribution in [0, 0.1) is 0 Å². The second-order valence-corrected chi connectivity index (χ2v) is 13.5. The third-order valence-electron chi connectivity index (χ3n) is 7.51. The summed E-state index contributed by atoms with van der Waals surface area (Å²) in [6.45, 7) is 12.8. The van der Waals surface area contributed by atoms with Crippen LogP contribution in [0.2, 0.25) is 0 Å². The van der Waals surface area contributed by atoms with Crippen LogP contribution in [0.4, 0.5) is 5.69 Å². The van der Waals surface area contributed by atoms with Gasteiger partial charge in [-0.2, -0.15) is 0 Å². The fraction of sp³-hybridized carbons (Fsp3) is 0.353. The quantitative estimate of drug-likeness (QED) is 0.129. The third-order valence-corrected chi connectivity index (χ3v) is 8.81. The number of nitrogens with zero attached hydrogens (tertiary/aromatic N) is 3. The summed E-state index contributed by atoms with van der Waals surface area (Å²) in [7, 11) is 2.17.